The van der Waals surface area contributed by atoms with E-state index in [1.807, 2.05) is 19.1 Å². The molecule has 0 spiro atoms. The minimum atomic E-state index is -0.389. The molecular formula is C13H13N5O. The third kappa shape index (κ3) is 3.16. The SMILES string of the molecule is C#CCNc1ncn(Cc2ncccc2C)c(=O)n1. The molecule has 0 saturated heterocycles. The number of pyridine rings is 1. The molecule has 1 N–H and O–H groups in total. The van der Waals surface area contributed by atoms with Gasteiger partial charge in [0.15, 0.2) is 0 Å². The zero-order valence-electron chi connectivity index (χ0n) is 10.5. The second-order valence-corrected chi connectivity index (χ2v) is 3.92. The zero-order chi connectivity index (χ0) is 13.7. The van der Waals surface area contributed by atoms with Gasteiger partial charge in [-0.25, -0.2) is 9.78 Å². The van der Waals surface area contributed by atoms with Crippen molar-refractivity contribution in [1.82, 2.24) is 19.5 Å². The van der Waals surface area contributed by atoms with E-state index in [0.29, 0.717) is 6.54 Å². The largest absolute Gasteiger partial charge is 0.352 e. The molecule has 0 fully saturated rings. The predicted molar refractivity (Wildman–Crippen MR) is 71.7 cm³/mol. The summed E-state index contributed by atoms with van der Waals surface area (Å²) in [6, 6.07) is 3.79. The molecule has 2 rings (SSSR count). The van der Waals surface area contributed by atoms with E-state index in [1.165, 1.54) is 10.9 Å². The summed E-state index contributed by atoms with van der Waals surface area (Å²) in [7, 11) is 0. The Morgan fingerprint density at radius 2 is 2.32 bits per heavy atom. The van der Waals surface area contributed by atoms with Crippen LogP contribution in [0.15, 0.2) is 29.5 Å². The molecule has 6 nitrogen and oxygen atoms in total. The molecule has 2 aromatic rings. The standard InChI is InChI=1S/C13H13N5O/c1-3-6-15-12-16-9-18(13(19)17-12)8-11-10(2)5-4-7-14-11/h1,4-5,7,9H,6,8H2,2H3,(H,15,17,19). The van der Waals surface area contributed by atoms with E-state index in [0.717, 1.165) is 11.3 Å². The Kier molecular flexibility index (Phi) is 3.88. The highest BCUT2D eigenvalue weighted by atomic mass is 16.1. The zero-order valence-corrected chi connectivity index (χ0v) is 10.5. The van der Waals surface area contributed by atoms with Crippen LogP contribution < -0.4 is 11.0 Å². The second kappa shape index (κ2) is 5.78. The van der Waals surface area contributed by atoms with Gasteiger partial charge in [-0.3, -0.25) is 9.55 Å². The van der Waals surface area contributed by atoms with Crippen molar-refractivity contribution in [2.45, 2.75) is 13.5 Å². The Morgan fingerprint density at radius 1 is 1.47 bits per heavy atom. The van der Waals surface area contributed by atoms with E-state index in [-0.39, 0.29) is 18.2 Å². The summed E-state index contributed by atoms with van der Waals surface area (Å²) >= 11 is 0. The molecule has 0 amide bonds. The van der Waals surface area contributed by atoms with Crippen LogP contribution >= 0.6 is 0 Å². The topological polar surface area (TPSA) is 72.7 Å². The van der Waals surface area contributed by atoms with Crippen LogP contribution in [0.3, 0.4) is 0 Å². The fourth-order valence-corrected chi connectivity index (χ4v) is 1.53. The van der Waals surface area contributed by atoms with Crippen LogP contribution in [-0.4, -0.2) is 26.1 Å². The first-order valence-corrected chi connectivity index (χ1v) is 5.72. The molecule has 0 aliphatic heterocycles. The Morgan fingerprint density at radius 3 is 3.00 bits per heavy atom. The third-order valence-electron chi connectivity index (χ3n) is 2.55. The van der Waals surface area contributed by atoms with Crippen molar-refractivity contribution >= 4 is 5.95 Å². The average molecular weight is 255 g/mol. The van der Waals surface area contributed by atoms with E-state index in [2.05, 4.69) is 26.2 Å². The van der Waals surface area contributed by atoms with Gasteiger partial charge in [-0.2, -0.15) is 4.98 Å². The van der Waals surface area contributed by atoms with Gasteiger partial charge in [0.1, 0.15) is 6.33 Å². The number of terminal acetylenes is 1. The third-order valence-corrected chi connectivity index (χ3v) is 2.55. The normalized spacial score (nSPS) is 9.89. The van der Waals surface area contributed by atoms with Crippen molar-refractivity contribution in [3.8, 4) is 12.3 Å². The Balaban J connectivity index is 2.21. The lowest BCUT2D eigenvalue weighted by molar-refractivity contribution is 0.685. The van der Waals surface area contributed by atoms with Gasteiger partial charge < -0.3 is 5.32 Å². The number of hydrogen-bond acceptors (Lipinski definition) is 5. The molecule has 0 saturated carbocycles. The molecule has 0 unspecified atom stereocenters. The van der Waals surface area contributed by atoms with Crippen molar-refractivity contribution in [3.05, 3.63) is 46.4 Å². The summed E-state index contributed by atoms with van der Waals surface area (Å²) in [5.74, 6) is 2.62. The van der Waals surface area contributed by atoms with Gasteiger partial charge in [-0.15, -0.1) is 6.42 Å². The van der Waals surface area contributed by atoms with Crippen molar-refractivity contribution in [2.24, 2.45) is 0 Å². The Labute approximate surface area is 110 Å². The molecule has 6 heteroatoms. The quantitative estimate of drug-likeness (QED) is 0.802. The van der Waals surface area contributed by atoms with Crippen LogP contribution in [0.4, 0.5) is 5.95 Å². The number of aromatic nitrogens is 4. The van der Waals surface area contributed by atoms with Crippen LogP contribution in [0.2, 0.25) is 0 Å². The predicted octanol–water partition coefficient (Wildman–Crippen LogP) is 0.435. The Hall–Kier alpha value is -2.68. The molecule has 2 heterocycles. The molecule has 2 aromatic heterocycles. The van der Waals surface area contributed by atoms with Crippen LogP contribution in [0.1, 0.15) is 11.3 Å². The molecule has 0 aliphatic carbocycles. The number of rotatable bonds is 4. The average Bonchev–Trinajstić information content (AvgIpc) is 2.41. The molecule has 19 heavy (non-hydrogen) atoms. The lowest BCUT2D eigenvalue weighted by atomic mass is 10.2. The van der Waals surface area contributed by atoms with Crippen LogP contribution in [0, 0.1) is 19.3 Å². The maximum Gasteiger partial charge on any atom is 0.352 e. The van der Waals surface area contributed by atoms with E-state index in [9.17, 15) is 4.79 Å². The van der Waals surface area contributed by atoms with Crippen molar-refractivity contribution in [3.63, 3.8) is 0 Å². The van der Waals surface area contributed by atoms with E-state index in [4.69, 9.17) is 6.42 Å². The number of hydrogen-bond donors (Lipinski definition) is 1. The first kappa shape index (κ1) is 12.8. The van der Waals surface area contributed by atoms with Crippen LogP contribution in [0.25, 0.3) is 0 Å². The second-order valence-electron chi connectivity index (χ2n) is 3.92. The molecule has 0 radical (unpaired) electrons. The number of nitrogens with zero attached hydrogens (tertiary/aromatic N) is 4. The maximum absolute atomic E-state index is 11.8. The highest BCUT2D eigenvalue weighted by molar-refractivity contribution is 5.24. The summed E-state index contributed by atoms with van der Waals surface area (Å²) in [5.41, 5.74) is 1.45. The fraction of sp³-hybridized carbons (Fsp3) is 0.231. The number of nitrogens with one attached hydrogen (secondary N) is 1. The summed E-state index contributed by atoms with van der Waals surface area (Å²) in [4.78, 5) is 23.9. The van der Waals surface area contributed by atoms with Gasteiger partial charge in [0.05, 0.1) is 18.8 Å². The number of anilines is 1. The van der Waals surface area contributed by atoms with Crippen molar-refractivity contribution in [1.29, 1.82) is 0 Å². The summed E-state index contributed by atoms with van der Waals surface area (Å²) in [6.45, 7) is 2.57. The minimum Gasteiger partial charge on any atom is -0.343 e. The summed E-state index contributed by atoms with van der Waals surface area (Å²) < 4.78 is 1.40. The van der Waals surface area contributed by atoms with Crippen LogP contribution in [-0.2, 0) is 6.54 Å². The van der Waals surface area contributed by atoms with E-state index < -0.39 is 0 Å². The van der Waals surface area contributed by atoms with Gasteiger partial charge in [0.25, 0.3) is 0 Å². The molecule has 96 valence electrons. The fourth-order valence-electron chi connectivity index (χ4n) is 1.53. The monoisotopic (exact) mass is 255 g/mol. The van der Waals surface area contributed by atoms with E-state index in [1.54, 1.807) is 6.20 Å². The number of aryl methyl sites for hydroxylation is 1. The van der Waals surface area contributed by atoms with E-state index >= 15 is 0 Å². The molecular weight excluding hydrogens is 242 g/mol. The Bertz CT molecular complexity index is 671. The van der Waals surface area contributed by atoms with Gasteiger partial charge in [0.2, 0.25) is 5.95 Å². The smallest absolute Gasteiger partial charge is 0.343 e. The summed E-state index contributed by atoms with van der Waals surface area (Å²) in [6.07, 6.45) is 8.23. The maximum atomic E-state index is 11.8. The molecule has 0 bridgehead atoms. The lowest BCUT2D eigenvalue weighted by Gasteiger charge is -2.07. The van der Waals surface area contributed by atoms with Gasteiger partial charge in [0, 0.05) is 6.20 Å². The first-order chi connectivity index (χ1) is 9.20. The minimum absolute atomic E-state index is 0.233. The van der Waals surface area contributed by atoms with Crippen molar-refractivity contribution < 1.29 is 0 Å². The van der Waals surface area contributed by atoms with Gasteiger partial charge in [-0.1, -0.05) is 12.0 Å². The van der Waals surface area contributed by atoms with Gasteiger partial charge >= 0.3 is 5.69 Å². The van der Waals surface area contributed by atoms with Gasteiger partial charge in [-0.05, 0) is 18.6 Å². The first-order valence-electron chi connectivity index (χ1n) is 5.72. The molecule has 0 aliphatic rings. The lowest BCUT2D eigenvalue weighted by Crippen LogP contribution is -2.26. The van der Waals surface area contributed by atoms with Crippen molar-refractivity contribution in [2.75, 3.05) is 11.9 Å². The molecule has 0 atom stereocenters. The highest BCUT2D eigenvalue weighted by Gasteiger charge is 2.04. The molecule has 0 aromatic carbocycles. The van der Waals surface area contributed by atoms with Crippen LogP contribution in [0.5, 0.6) is 0 Å². The summed E-state index contributed by atoms with van der Waals surface area (Å²) in [5, 5.41) is 2.75. The highest BCUT2D eigenvalue weighted by Crippen LogP contribution is 2.04.